The number of aromatic nitrogens is 3. The quantitative estimate of drug-likeness (QED) is 0.200. The highest BCUT2D eigenvalue weighted by atomic mass is 19.1. The summed E-state index contributed by atoms with van der Waals surface area (Å²) in [7, 11) is 0. The average Bonchev–Trinajstić information content (AvgIpc) is 3.62. The Hall–Kier alpha value is -5.62. The van der Waals surface area contributed by atoms with E-state index in [9.17, 15) is 4.39 Å². The molecule has 46 heavy (non-hydrogen) atoms. The number of fused-ring (bicyclic) bond motifs is 4. The molecule has 0 aliphatic heterocycles. The van der Waals surface area contributed by atoms with E-state index in [1.807, 2.05) is 42.5 Å². The number of para-hydroxylation sites is 2. The van der Waals surface area contributed by atoms with Gasteiger partial charge < -0.3 is 4.42 Å². The van der Waals surface area contributed by atoms with Gasteiger partial charge in [-0.2, -0.15) is 0 Å². The molecule has 0 atom stereocenters. The van der Waals surface area contributed by atoms with E-state index in [-0.39, 0.29) is 17.0 Å². The minimum atomic E-state index is -0.339. The first-order valence-corrected chi connectivity index (χ1v) is 15.2. The van der Waals surface area contributed by atoms with Gasteiger partial charge in [-0.3, -0.25) is 9.55 Å². The van der Waals surface area contributed by atoms with Gasteiger partial charge in [0.2, 0.25) is 0 Å². The molecule has 0 fully saturated rings. The van der Waals surface area contributed by atoms with Crippen LogP contribution < -0.4 is 0 Å². The van der Waals surface area contributed by atoms with Crippen molar-refractivity contribution >= 4 is 33.1 Å². The Morgan fingerprint density at radius 1 is 0.674 bits per heavy atom. The van der Waals surface area contributed by atoms with Crippen molar-refractivity contribution in [1.82, 2.24) is 14.5 Å². The van der Waals surface area contributed by atoms with E-state index in [0.717, 1.165) is 50.0 Å². The molecular formula is C40H29F2N3O. The van der Waals surface area contributed by atoms with Crippen LogP contribution in [0.4, 0.5) is 8.78 Å². The molecule has 0 spiro atoms. The molecule has 8 rings (SSSR count). The van der Waals surface area contributed by atoms with Gasteiger partial charge in [0, 0.05) is 28.8 Å². The molecule has 0 bridgehead atoms. The van der Waals surface area contributed by atoms with Crippen molar-refractivity contribution in [1.29, 1.82) is 0 Å². The van der Waals surface area contributed by atoms with Gasteiger partial charge in [-0.1, -0.05) is 87.5 Å². The van der Waals surface area contributed by atoms with Crippen molar-refractivity contribution in [3.8, 4) is 39.3 Å². The Bertz CT molecular complexity index is 2420. The molecule has 6 heteroatoms. The van der Waals surface area contributed by atoms with Crippen LogP contribution in [0.1, 0.15) is 26.3 Å². The van der Waals surface area contributed by atoms with Crippen LogP contribution in [0.25, 0.3) is 72.4 Å². The molecule has 0 saturated carbocycles. The van der Waals surface area contributed by atoms with E-state index >= 15 is 4.39 Å². The Balaban J connectivity index is 1.44. The van der Waals surface area contributed by atoms with Gasteiger partial charge >= 0.3 is 0 Å². The predicted molar refractivity (Wildman–Crippen MR) is 181 cm³/mol. The highest BCUT2D eigenvalue weighted by Crippen LogP contribution is 2.43. The molecule has 0 saturated heterocycles. The molecular weight excluding hydrogens is 576 g/mol. The lowest BCUT2D eigenvalue weighted by Gasteiger charge is -2.27. The van der Waals surface area contributed by atoms with E-state index in [0.29, 0.717) is 28.0 Å². The molecule has 8 aromatic rings. The lowest BCUT2D eigenvalue weighted by atomic mass is 9.83. The SMILES string of the molecule is CC(C)(C)c1cccc(-c2ccccc2)c1-n1c(-c2cccc3c2oc2cc(-c4ccc(F)cc4)cnc23)nc2ccc(F)cc21. The fourth-order valence-electron chi connectivity index (χ4n) is 6.34. The normalized spacial score (nSPS) is 12.0. The summed E-state index contributed by atoms with van der Waals surface area (Å²) >= 11 is 0. The van der Waals surface area contributed by atoms with E-state index in [1.54, 1.807) is 30.5 Å². The Morgan fingerprint density at radius 3 is 2.20 bits per heavy atom. The fraction of sp³-hybridized carbons (Fsp3) is 0.100. The van der Waals surface area contributed by atoms with E-state index in [4.69, 9.17) is 14.4 Å². The number of pyridine rings is 1. The summed E-state index contributed by atoms with van der Waals surface area (Å²) in [5.41, 5.74) is 9.57. The van der Waals surface area contributed by atoms with E-state index in [1.165, 1.54) is 18.2 Å². The lowest BCUT2D eigenvalue weighted by molar-refractivity contribution is 0.587. The number of hydrogen-bond donors (Lipinski definition) is 0. The Morgan fingerprint density at radius 2 is 1.41 bits per heavy atom. The lowest BCUT2D eigenvalue weighted by Crippen LogP contribution is -2.16. The second-order valence-electron chi connectivity index (χ2n) is 12.6. The van der Waals surface area contributed by atoms with Crippen molar-refractivity contribution in [3.63, 3.8) is 0 Å². The molecule has 0 unspecified atom stereocenters. The van der Waals surface area contributed by atoms with Crippen LogP contribution in [0.2, 0.25) is 0 Å². The predicted octanol–water partition coefficient (Wildman–Crippen LogP) is 10.9. The van der Waals surface area contributed by atoms with Crippen LogP contribution in [0, 0.1) is 11.6 Å². The zero-order valence-corrected chi connectivity index (χ0v) is 25.6. The zero-order valence-electron chi connectivity index (χ0n) is 25.6. The largest absolute Gasteiger partial charge is 0.454 e. The summed E-state index contributed by atoms with van der Waals surface area (Å²) in [4.78, 5) is 9.91. The number of furan rings is 1. The molecule has 3 heterocycles. The summed E-state index contributed by atoms with van der Waals surface area (Å²) in [5.74, 6) is 0.00413. The molecule has 0 aliphatic rings. The summed E-state index contributed by atoms with van der Waals surface area (Å²) in [6.07, 6.45) is 1.78. The molecule has 0 radical (unpaired) electrons. The maximum absolute atomic E-state index is 15.0. The van der Waals surface area contributed by atoms with Crippen molar-refractivity contribution in [2.45, 2.75) is 26.2 Å². The first-order valence-electron chi connectivity index (χ1n) is 15.2. The van der Waals surface area contributed by atoms with Crippen molar-refractivity contribution in [3.05, 3.63) is 139 Å². The number of halogens is 2. The van der Waals surface area contributed by atoms with Gasteiger partial charge in [0.25, 0.3) is 0 Å². The van der Waals surface area contributed by atoms with Crippen LogP contribution in [-0.2, 0) is 5.41 Å². The third-order valence-electron chi connectivity index (χ3n) is 8.52. The maximum Gasteiger partial charge on any atom is 0.154 e. The van der Waals surface area contributed by atoms with Crippen LogP contribution in [0.5, 0.6) is 0 Å². The zero-order chi connectivity index (χ0) is 31.6. The van der Waals surface area contributed by atoms with Crippen molar-refractivity contribution < 1.29 is 13.2 Å². The summed E-state index contributed by atoms with van der Waals surface area (Å²) in [6.45, 7) is 6.55. The molecule has 4 nitrogen and oxygen atoms in total. The number of hydrogen-bond acceptors (Lipinski definition) is 3. The number of benzene rings is 5. The van der Waals surface area contributed by atoms with Gasteiger partial charge in [-0.05, 0) is 64.6 Å². The summed E-state index contributed by atoms with van der Waals surface area (Å²) < 4.78 is 37.3. The molecule has 5 aromatic carbocycles. The van der Waals surface area contributed by atoms with E-state index in [2.05, 4.69) is 55.7 Å². The molecule has 0 amide bonds. The number of nitrogens with zero attached hydrogens (tertiary/aromatic N) is 3. The van der Waals surface area contributed by atoms with Gasteiger partial charge in [-0.25, -0.2) is 13.8 Å². The maximum atomic E-state index is 15.0. The van der Waals surface area contributed by atoms with Gasteiger partial charge in [0.1, 0.15) is 28.6 Å². The summed E-state index contributed by atoms with van der Waals surface area (Å²) in [6, 6.07) is 35.5. The minimum absolute atomic E-state index is 0.243. The van der Waals surface area contributed by atoms with Crippen LogP contribution in [-0.4, -0.2) is 14.5 Å². The Labute approximate surface area is 264 Å². The Kier molecular flexibility index (Phi) is 6.36. The first-order chi connectivity index (χ1) is 22.3. The average molecular weight is 606 g/mol. The first kappa shape index (κ1) is 27.9. The second kappa shape index (κ2) is 10.5. The molecule has 0 N–H and O–H groups in total. The second-order valence-corrected chi connectivity index (χ2v) is 12.6. The molecule has 0 aliphatic carbocycles. The third-order valence-corrected chi connectivity index (χ3v) is 8.52. The van der Waals surface area contributed by atoms with Gasteiger partial charge in [0.15, 0.2) is 5.58 Å². The van der Waals surface area contributed by atoms with Crippen LogP contribution >= 0.6 is 0 Å². The standard InChI is InChI=1S/C40H29F2N3O/c1-40(2,3)32-14-8-11-29(25-9-5-4-6-10-25)37(32)45-34-22-28(42)19-20-33(34)44-39(45)31-13-7-12-30-36-35(46-38(30)31)21-26(23-43-36)24-15-17-27(41)18-16-24/h4-23H,1-3H3. The highest BCUT2D eigenvalue weighted by molar-refractivity contribution is 6.08. The monoisotopic (exact) mass is 605 g/mol. The number of rotatable bonds is 4. The topological polar surface area (TPSA) is 43.9 Å². The highest BCUT2D eigenvalue weighted by Gasteiger charge is 2.27. The molecule has 224 valence electrons. The van der Waals surface area contributed by atoms with Gasteiger partial charge in [0.05, 0.1) is 22.3 Å². The molecule has 3 aromatic heterocycles. The van der Waals surface area contributed by atoms with Gasteiger partial charge in [-0.15, -0.1) is 0 Å². The minimum Gasteiger partial charge on any atom is -0.454 e. The van der Waals surface area contributed by atoms with Crippen LogP contribution in [0.3, 0.4) is 0 Å². The third kappa shape index (κ3) is 4.57. The van der Waals surface area contributed by atoms with Crippen LogP contribution in [0.15, 0.2) is 126 Å². The fourth-order valence-corrected chi connectivity index (χ4v) is 6.34. The van der Waals surface area contributed by atoms with Crippen molar-refractivity contribution in [2.24, 2.45) is 0 Å². The number of imidazole rings is 1. The van der Waals surface area contributed by atoms with Crippen molar-refractivity contribution in [2.75, 3.05) is 0 Å². The summed E-state index contributed by atoms with van der Waals surface area (Å²) in [5, 5.41) is 0.843. The smallest absolute Gasteiger partial charge is 0.154 e. The van der Waals surface area contributed by atoms with E-state index < -0.39 is 0 Å².